The maximum Gasteiger partial charge on any atom is -0.00435 e. The molecule has 1 aliphatic carbocycles. The summed E-state index contributed by atoms with van der Waals surface area (Å²) in [5.74, 6) is 1.04. The van der Waals surface area contributed by atoms with Gasteiger partial charge in [-0.3, -0.25) is 0 Å². The summed E-state index contributed by atoms with van der Waals surface area (Å²) >= 11 is 0. The fourth-order valence-electron chi connectivity index (χ4n) is 2.17. The van der Waals surface area contributed by atoms with E-state index in [9.17, 15) is 0 Å². The van der Waals surface area contributed by atoms with E-state index in [0.717, 1.165) is 11.3 Å². The van der Waals surface area contributed by atoms with Crippen molar-refractivity contribution in [2.24, 2.45) is 11.3 Å². The van der Waals surface area contributed by atoms with Gasteiger partial charge in [0.1, 0.15) is 0 Å². The van der Waals surface area contributed by atoms with Crippen LogP contribution in [-0.2, 0) is 0 Å². The third-order valence-corrected chi connectivity index (χ3v) is 3.20. The second-order valence-corrected chi connectivity index (χ2v) is 3.72. The minimum absolute atomic E-state index is 0.825. The van der Waals surface area contributed by atoms with Crippen LogP contribution in [0.5, 0.6) is 0 Å². The smallest absolute Gasteiger partial charge is 0.00435 e. The van der Waals surface area contributed by atoms with Crippen LogP contribution in [0.2, 0.25) is 0 Å². The molecule has 1 heteroatoms. The second-order valence-electron chi connectivity index (χ2n) is 3.72. The second kappa shape index (κ2) is 1.72. The van der Waals surface area contributed by atoms with Gasteiger partial charge in [0.05, 0.1) is 0 Å². The highest BCUT2D eigenvalue weighted by atomic mass is 14.9. The third kappa shape index (κ3) is 0.787. The van der Waals surface area contributed by atoms with Crippen molar-refractivity contribution < 1.29 is 0 Å². The van der Waals surface area contributed by atoms with Crippen molar-refractivity contribution in [3.63, 3.8) is 0 Å². The van der Waals surface area contributed by atoms with E-state index < -0.39 is 0 Å². The Kier molecular flexibility index (Phi) is 1.10. The number of hydrogen-bond donors (Lipinski definition) is 1. The molecule has 1 aliphatic heterocycles. The highest BCUT2D eigenvalue weighted by molar-refractivity contribution is 5.01. The maximum absolute atomic E-state index is 3.40. The molecule has 0 aromatic heterocycles. The molecule has 0 amide bonds. The van der Waals surface area contributed by atoms with Crippen LogP contribution in [0.15, 0.2) is 0 Å². The molecule has 1 saturated carbocycles. The predicted octanol–water partition coefficient (Wildman–Crippen LogP) is 1.40. The summed E-state index contributed by atoms with van der Waals surface area (Å²) in [6.07, 6.45) is 4.39. The SMILES string of the molecule is CC1CC12CCNCC2. The molecule has 1 N–H and O–H groups in total. The average molecular weight is 125 g/mol. The molecule has 1 spiro atoms. The van der Waals surface area contributed by atoms with Crippen molar-refractivity contribution in [2.45, 2.75) is 26.2 Å². The minimum atomic E-state index is 0.825. The van der Waals surface area contributed by atoms with Gasteiger partial charge < -0.3 is 5.32 Å². The molecular formula is C8H15N. The highest BCUT2D eigenvalue weighted by Gasteiger charge is 2.50. The summed E-state index contributed by atoms with van der Waals surface area (Å²) in [5.41, 5.74) is 0.825. The van der Waals surface area contributed by atoms with Crippen LogP contribution < -0.4 is 5.32 Å². The summed E-state index contributed by atoms with van der Waals surface area (Å²) in [7, 11) is 0. The van der Waals surface area contributed by atoms with Crippen LogP contribution in [0.25, 0.3) is 0 Å². The van der Waals surface area contributed by atoms with Crippen molar-refractivity contribution in [3.8, 4) is 0 Å². The molecular weight excluding hydrogens is 110 g/mol. The van der Waals surface area contributed by atoms with Crippen molar-refractivity contribution in [3.05, 3.63) is 0 Å². The van der Waals surface area contributed by atoms with Gasteiger partial charge in [-0.25, -0.2) is 0 Å². The van der Waals surface area contributed by atoms with Crippen LogP contribution in [0, 0.1) is 11.3 Å². The van der Waals surface area contributed by atoms with Gasteiger partial charge in [0.2, 0.25) is 0 Å². The molecule has 1 unspecified atom stereocenters. The molecule has 1 saturated heterocycles. The highest BCUT2D eigenvalue weighted by Crippen LogP contribution is 2.57. The van der Waals surface area contributed by atoms with Crippen LogP contribution in [0.4, 0.5) is 0 Å². The Morgan fingerprint density at radius 3 is 2.22 bits per heavy atom. The molecule has 0 bridgehead atoms. The fraction of sp³-hybridized carbons (Fsp3) is 1.00. The van der Waals surface area contributed by atoms with Crippen LogP contribution in [0.3, 0.4) is 0 Å². The summed E-state index contributed by atoms with van der Waals surface area (Å²) in [5, 5.41) is 3.40. The molecule has 1 nitrogen and oxygen atoms in total. The zero-order valence-electron chi connectivity index (χ0n) is 6.11. The molecule has 0 aromatic carbocycles. The summed E-state index contributed by atoms with van der Waals surface area (Å²) in [6.45, 7) is 4.93. The Morgan fingerprint density at radius 1 is 1.33 bits per heavy atom. The zero-order valence-corrected chi connectivity index (χ0v) is 6.11. The van der Waals surface area contributed by atoms with Crippen LogP contribution >= 0.6 is 0 Å². The van der Waals surface area contributed by atoms with E-state index in [1.807, 2.05) is 0 Å². The van der Waals surface area contributed by atoms with Gasteiger partial charge in [0, 0.05) is 0 Å². The Hall–Kier alpha value is -0.0400. The topological polar surface area (TPSA) is 12.0 Å². The zero-order chi connectivity index (χ0) is 6.32. The van der Waals surface area contributed by atoms with Gasteiger partial charge >= 0.3 is 0 Å². The van der Waals surface area contributed by atoms with Gasteiger partial charge in [-0.05, 0) is 43.7 Å². The number of piperidine rings is 1. The first-order chi connectivity index (χ1) is 4.33. The molecule has 52 valence electrons. The van der Waals surface area contributed by atoms with Crippen molar-refractivity contribution >= 4 is 0 Å². The van der Waals surface area contributed by atoms with Crippen LogP contribution in [-0.4, -0.2) is 13.1 Å². The Bertz CT molecular complexity index is 114. The molecule has 2 fully saturated rings. The standard InChI is InChI=1S/C8H15N/c1-7-6-8(7)2-4-9-5-3-8/h7,9H,2-6H2,1H3. The molecule has 9 heavy (non-hydrogen) atoms. The third-order valence-electron chi connectivity index (χ3n) is 3.20. The largest absolute Gasteiger partial charge is 0.317 e. The lowest BCUT2D eigenvalue weighted by Crippen LogP contribution is -2.29. The van der Waals surface area contributed by atoms with E-state index in [1.54, 1.807) is 0 Å². The molecule has 2 aliphatic rings. The van der Waals surface area contributed by atoms with Crippen molar-refractivity contribution in [1.82, 2.24) is 5.32 Å². The summed E-state index contributed by atoms with van der Waals surface area (Å²) in [6, 6.07) is 0. The van der Waals surface area contributed by atoms with Crippen molar-refractivity contribution in [2.75, 3.05) is 13.1 Å². The van der Waals surface area contributed by atoms with E-state index in [2.05, 4.69) is 12.2 Å². The van der Waals surface area contributed by atoms with Gasteiger partial charge in [0.15, 0.2) is 0 Å². The molecule has 0 aromatic rings. The molecule has 1 heterocycles. The normalized spacial score (nSPS) is 39.0. The summed E-state index contributed by atoms with van der Waals surface area (Å²) < 4.78 is 0. The van der Waals surface area contributed by atoms with E-state index in [1.165, 1.54) is 32.4 Å². The molecule has 0 radical (unpaired) electrons. The Labute approximate surface area is 56.8 Å². The quantitative estimate of drug-likeness (QED) is 0.516. The first kappa shape index (κ1) is 5.72. The fourth-order valence-corrected chi connectivity index (χ4v) is 2.17. The van der Waals surface area contributed by atoms with Gasteiger partial charge in [-0.1, -0.05) is 6.92 Å². The number of rotatable bonds is 0. The average Bonchev–Trinajstić information content (AvgIpc) is 2.44. The lowest BCUT2D eigenvalue weighted by Gasteiger charge is -2.22. The lowest BCUT2D eigenvalue weighted by molar-refractivity contribution is 0.329. The first-order valence-corrected chi connectivity index (χ1v) is 4.04. The maximum atomic E-state index is 3.40. The Morgan fingerprint density at radius 2 is 1.89 bits per heavy atom. The molecule has 1 atom stereocenters. The Balaban J connectivity index is 1.97. The monoisotopic (exact) mass is 125 g/mol. The van der Waals surface area contributed by atoms with Gasteiger partial charge in [-0.15, -0.1) is 0 Å². The predicted molar refractivity (Wildman–Crippen MR) is 38.3 cm³/mol. The number of nitrogens with one attached hydrogen (secondary N) is 1. The van der Waals surface area contributed by atoms with Crippen molar-refractivity contribution in [1.29, 1.82) is 0 Å². The van der Waals surface area contributed by atoms with E-state index in [-0.39, 0.29) is 0 Å². The van der Waals surface area contributed by atoms with Crippen LogP contribution in [0.1, 0.15) is 26.2 Å². The van der Waals surface area contributed by atoms with E-state index in [4.69, 9.17) is 0 Å². The minimum Gasteiger partial charge on any atom is -0.317 e. The van der Waals surface area contributed by atoms with Gasteiger partial charge in [-0.2, -0.15) is 0 Å². The van der Waals surface area contributed by atoms with E-state index in [0.29, 0.717) is 0 Å². The molecule has 2 rings (SSSR count). The van der Waals surface area contributed by atoms with E-state index >= 15 is 0 Å². The summed E-state index contributed by atoms with van der Waals surface area (Å²) in [4.78, 5) is 0. The van der Waals surface area contributed by atoms with Gasteiger partial charge in [0.25, 0.3) is 0 Å². The number of hydrogen-bond acceptors (Lipinski definition) is 1. The lowest BCUT2D eigenvalue weighted by atomic mass is 9.92. The first-order valence-electron chi connectivity index (χ1n) is 4.04.